The summed E-state index contributed by atoms with van der Waals surface area (Å²) in [7, 11) is 0. The summed E-state index contributed by atoms with van der Waals surface area (Å²) in [6, 6.07) is 11.4. The Bertz CT molecular complexity index is 753. The fourth-order valence-electron chi connectivity index (χ4n) is 1.70. The molecule has 7 heteroatoms. The van der Waals surface area contributed by atoms with Crippen LogP contribution >= 0.6 is 46.0 Å². The molecule has 3 nitrogen and oxygen atoms in total. The Balaban J connectivity index is 1.54. The molecule has 112 valence electrons. The Labute approximate surface area is 145 Å². The molecule has 0 aliphatic heterocycles. The average Bonchev–Trinajstić information content (AvgIpc) is 3.17. The third-order valence-corrected chi connectivity index (χ3v) is 5.62. The van der Waals surface area contributed by atoms with Crippen LogP contribution in [0.4, 0.5) is 5.13 Å². The first-order valence-corrected chi connectivity index (χ1v) is 9.50. The number of hydrogen-bond donors (Lipinski definition) is 1. The van der Waals surface area contributed by atoms with Crippen LogP contribution in [-0.4, -0.2) is 16.6 Å². The van der Waals surface area contributed by atoms with E-state index in [1.807, 2.05) is 47.2 Å². The van der Waals surface area contributed by atoms with Crippen molar-refractivity contribution in [3.8, 4) is 10.6 Å². The first-order chi connectivity index (χ1) is 10.7. The number of halogens is 1. The zero-order valence-electron chi connectivity index (χ0n) is 11.3. The van der Waals surface area contributed by atoms with Crippen LogP contribution in [-0.2, 0) is 4.79 Å². The van der Waals surface area contributed by atoms with Crippen LogP contribution in [0.2, 0.25) is 5.02 Å². The number of aromatic nitrogens is 1. The van der Waals surface area contributed by atoms with E-state index < -0.39 is 0 Å². The third-order valence-electron chi connectivity index (χ3n) is 2.71. The van der Waals surface area contributed by atoms with Crippen LogP contribution in [0, 0.1) is 0 Å². The molecule has 0 saturated heterocycles. The lowest BCUT2D eigenvalue weighted by Gasteiger charge is -2.02. The molecule has 1 aromatic carbocycles. The van der Waals surface area contributed by atoms with E-state index >= 15 is 0 Å². The number of rotatable bonds is 5. The molecule has 22 heavy (non-hydrogen) atoms. The van der Waals surface area contributed by atoms with Crippen molar-refractivity contribution in [2.75, 3.05) is 11.1 Å². The van der Waals surface area contributed by atoms with Crippen molar-refractivity contribution in [2.24, 2.45) is 0 Å². The molecule has 0 unspecified atom stereocenters. The minimum atomic E-state index is -0.0629. The number of amides is 1. The van der Waals surface area contributed by atoms with E-state index in [-0.39, 0.29) is 5.91 Å². The Morgan fingerprint density at radius 3 is 2.77 bits per heavy atom. The SMILES string of the molecule is O=C(CSc1ccc(Cl)cc1)Nc1nc(-c2cccs2)cs1. The molecule has 2 aromatic heterocycles. The molecular formula is C15H11ClN2OS3. The molecule has 3 rings (SSSR count). The van der Waals surface area contributed by atoms with Crippen molar-refractivity contribution in [1.29, 1.82) is 0 Å². The lowest BCUT2D eigenvalue weighted by Crippen LogP contribution is -2.13. The summed E-state index contributed by atoms with van der Waals surface area (Å²) in [5.41, 5.74) is 0.903. The zero-order chi connectivity index (χ0) is 15.4. The summed E-state index contributed by atoms with van der Waals surface area (Å²) < 4.78 is 0. The van der Waals surface area contributed by atoms with Crippen molar-refractivity contribution in [2.45, 2.75) is 4.90 Å². The van der Waals surface area contributed by atoms with E-state index in [2.05, 4.69) is 10.3 Å². The topological polar surface area (TPSA) is 42.0 Å². The highest BCUT2D eigenvalue weighted by Gasteiger charge is 2.09. The fraction of sp³-hybridized carbons (Fsp3) is 0.0667. The van der Waals surface area contributed by atoms with E-state index in [0.29, 0.717) is 15.9 Å². The number of thiazole rings is 1. The fourth-order valence-corrected chi connectivity index (χ4v) is 4.02. The number of nitrogens with zero attached hydrogens (tertiary/aromatic N) is 1. The highest BCUT2D eigenvalue weighted by Crippen LogP contribution is 2.28. The second-order valence-corrected chi connectivity index (χ2v) is 7.60. The summed E-state index contributed by atoms with van der Waals surface area (Å²) in [6.07, 6.45) is 0. The maximum absolute atomic E-state index is 12.0. The van der Waals surface area contributed by atoms with E-state index in [4.69, 9.17) is 11.6 Å². The molecule has 3 aromatic rings. The Morgan fingerprint density at radius 1 is 1.23 bits per heavy atom. The monoisotopic (exact) mass is 366 g/mol. The molecule has 0 saturated carbocycles. The van der Waals surface area contributed by atoms with Gasteiger partial charge in [-0.25, -0.2) is 4.98 Å². The van der Waals surface area contributed by atoms with Gasteiger partial charge < -0.3 is 5.32 Å². The lowest BCUT2D eigenvalue weighted by atomic mass is 10.4. The largest absolute Gasteiger partial charge is 0.301 e. The number of carbonyl (C=O) groups is 1. The first-order valence-electron chi connectivity index (χ1n) is 6.38. The van der Waals surface area contributed by atoms with E-state index in [1.165, 1.54) is 23.1 Å². The second-order valence-electron chi connectivity index (χ2n) is 4.31. The summed E-state index contributed by atoms with van der Waals surface area (Å²) in [5.74, 6) is 0.280. The molecule has 0 radical (unpaired) electrons. The molecule has 1 N–H and O–H groups in total. The van der Waals surface area contributed by atoms with Crippen molar-refractivity contribution in [3.63, 3.8) is 0 Å². The van der Waals surface area contributed by atoms with Crippen LogP contribution < -0.4 is 5.32 Å². The normalized spacial score (nSPS) is 10.6. The van der Waals surface area contributed by atoms with Crippen molar-refractivity contribution < 1.29 is 4.79 Å². The molecule has 0 atom stereocenters. The quantitative estimate of drug-likeness (QED) is 0.626. The highest BCUT2D eigenvalue weighted by molar-refractivity contribution is 8.00. The van der Waals surface area contributed by atoms with Gasteiger partial charge in [-0.15, -0.1) is 34.4 Å². The van der Waals surface area contributed by atoms with E-state index in [1.54, 1.807) is 11.3 Å². The molecular weight excluding hydrogens is 356 g/mol. The highest BCUT2D eigenvalue weighted by atomic mass is 35.5. The van der Waals surface area contributed by atoms with Crippen LogP contribution in [0.3, 0.4) is 0 Å². The van der Waals surface area contributed by atoms with Gasteiger partial charge in [0.05, 0.1) is 16.3 Å². The van der Waals surface area contributed by atoms with Crippen molar-refractivity contribution in [1.82, 2.24) is 4.98 Å². The first kappa shape index (κ1) is 15.6. The van der Waals surface area contributed by atoms with Crippen molar-refractivity contribution >= 4 is 57.1 Å². The van der Waals surface area contributed by atoms with Crippen molar-refractivity contribution in [3.05, 3.63) is 52.2 Å². The predicted octanol–water partition coefficient (Wildman–Crippen LogP) is 5.26. The van der Waals surface area contributed by atoms with E-state index in [9.17, 15) is 4.79 Å². The summed E-state index contributed by atoms with van der Waals surface area (Å²) in [6.45, 7) is 0. The summed E-state index contributed by atoms with van der Waals surface area (Å²) in [4.78, 5) is 18.5. The maximum Gasteiger partial charge on any atom is 0.236 e. The van der Waals surface area contributed by atoms with Gasteiger partial charge in [-0.3, -0.25) is 4.79 Å². The molecule has 2 heterocycles. The van der Waals surface area contributed by atoms with Gasteiger partial charge in [-0.05, 0) is 35.7 Å². The van der Waals surface area contributed by atoms with Gasteiger partial charge in [-0.2, -0.15) is 0 Å². The number of benzene rings is 1. The van der Waals surface area contributed by atoms with Crippen LogP contribution in [0.25, 0.3) is 10.6 Å². The summed E-state index contributed by atoms with van der Waals surface area (Å²) in [5, 5.41) is 8.12. The summed E-state index contributed by atoms with van der Waals surface area (Å²) >= 11 is 10.4. The number of thioether (sulfide) groups is 1. The third kappa shape index (κ3) is 4.10. The molecule has 0 spiro atoms. The number of nitrogens with one attached hydrogen (secondary N) is 1. The second kappa shape index (κ2) is 7.28. The Hall–Kier alpha value is -1.34. The molecule has 0 bridgehead atoms. The molecule has 0 aliphatic carbocycles. The van der Waals surface area contributed by atoms with Gasteiger partial charge >= 0.3 is 0 Å². The van der Waals surface area contributed by atoms with E-state index in [0.717, 1.165) is 15.5 Å². The van der Waals surface area contributed by atoms with Crippen LogP contribution in [0.15, 0.2) is 52.1 Å². The molecule has 1 amide bonds. The minimum Gasteiger partial charge on any atom is -0.301 e. The number of anilines is 1. The van der Waals surface area contributed by atoms with Gasteiger partial charge in [-0.1, -0.05) is 17.7 Å². The molecule has 0 aliphatic rings. The predicted molar refractivity (Wildman–Crippen MR) is 96.2 cm³/mol. The number of thiophene rings is 1. The minimum absolute atomic E-state index is 0.0629. The van der Waals surface area contributed by atoms with Gasteiger partial charge in [0.1, 0.15) is 0 Å². The smallest absolute Gasteiger partial charge is 0.236 e. The van der Waals surface area contributed by atoms with Gasteiger partial charge in [0.15, 0.2) is 5.13 Å². The Kier molecular flexibility index (Phi) is 5.15. The molecule has 0 fully saturated rings. The van der Waals surface area contributed by atoms with Gasteiger partial charge in [0.25, 0.3) is 0 Å². The Morgan fingerprint density at radius 2 is 2.05 bits per heavy atom. The van der Waals surface area contributed by atoms with Gasteiger partial charge in [0.2, 0.25) is 5.91 Å². The maximum atomic E-state index is 12.0. The lowest BCUT2D eigenvalue weighted by molar-refractivity contribution is -0.113. The number of carbonyl (C=O) groups excluding carboxylic acids is 1. The number of hydrogen-bond acceptors (Lipinski definition) is 5. The zero-order valence-corrected chi connectivity index (χ0v) is 14.5. The standard InChI is InChI=1S/C15H11ClN2OS3/c16-10-3-5-11(6-4-10)21-9-14(19)18-15-17-12(8-22-15)13-2-1-7-20-13/h1-8H,9H2,(H,17,18,19). The van der Waals surface area contributed by atoms with Crippen LogP contribution in [0.1, 0.15) is 0 Å². The van der Waals surface area contributed by atoms with Crippen LogP contribution in [0.5, 0.6) is 0 Å². The van der Waals surface area contributed by atoms with Gasteiger partial charge in [0, 0.05) is 15.3 Å². The average molecular weight is 367 g/mol.